The Balaban J connectivity index is 3.61. The third kappa shape index (κ3) is 6.23. The van der Waals surface area contributed by atoms with Gasteiger partial charge in [0.25, 0.3) is 17.7 Å². The summed E-state index contributed by atoms with van der Waals surface area (Å²) in [6, 6.07) is 0. The predicted octanol–water partition coefficient (Wildman–Crippen LogP) is 1.46. The van der Waals surface area contributed by atoms with Crippen LogP contribution in [0.2, 0.25) is 0 Å². The van der Waals surface area contributed by atoms with Gasteiger partial charge in [-0.3, -0.25) is 14.4 Å². The van der Waals surface area contributed by atoms with Crippen molar-refractivity contribution in [3.63, 3.8) is 0 Å². The van der Waals surface area contributed by atoms with E-state index in [9.17, 15) is 14.4 Å². The molecule has 11 heteroatoms. The van der Waals surface area contributed by atoms with Crippen LogP contribution in [0, 0.1) is 10.7 Å². The maximum absolute atomic E-state index is 12.6. The van der Waals surface area contributed by atoms with E-state index in [4.69, 9.17) is 10.2 Å². The zero-order valence-electron chi connectivity index (χ0n) is 14.3. The monoisotopic (exact) mass is 713 g/mol. The van der Waals surface area contributed by atoms with Crippen LogP contribution in [0.1, 0.15) is 27.6 Å². The molecule has 0 bridgehead atoms. The van der Waals surface area contributed by atoms with Crippen molar-refractivity contribution >= 4 is 91.2 Å². The Labute approximate surface area is 197 Å². The summed E-state index contributed by atoms with van der Waals surface area (Å²) in [5.74, 6) is -1.39. The Morgan fingerprint density at radius 3 is 1.63 bits per heavy atom. The molecular weight excluding hydrogens is 695 g/mol. The van der Waals surface area contributed by atoms with Crippen molar-refractivity contribution in [3.05, 3.63) is 34.0 Å². The average molecular weight is 713 g/mol. The first kappa shape index (κ1) is 24.5. The topological polar surface area (TPSA) is 128 Å². The quantitative estimate of drug-likeness (QED) is 0.206. The minimum absolute atomic E-state index is 0.0521. The zero-order chi connectivity index (χ0) is 20.7. The molecule has 0 unspecified atom stereocenters. The molecule has 1 rings (SSSR count). The molecule has 0 aliphatic heterocycles. The fourth-order valence-corrected chi connectivity index (χ4v) is 6.32. The van der Waals surface area contributed by atoms with Crippen LogP contribution in [-0.2, 0) is 4.79 Å². The van der Waals surface area contributed by atoms with Gasteiger partial charge in [-0.05, 0) is 74.7 Å². The highest BCUT2D eigenvalue weighted by molar-refractivity contribution is 14.1. The number of hydrogen-bond donors (Lipinski definition) is 5. The minimum atomic E-state index is -0.476. The molecule has 0 saturated carbocycles. The number of aliphatic hydroxyl groups excluding tert-OH is 2. The standard InChI is InChI=1S/C16H18I3N3O5/c1-7(2)14(25)22-13-11(18)8(15(26)20-3-5-23)10(17)9(12(13)19)16(27)21-4-6-24/h23-24H,1,3-6H2,2H3,(H,20,26)(H,21,27)(H,22,25). The van der Waals surface area contributed by atoms with Crippen LogP contribution < -0.4 is 16.0 Å². The first-order chi connectivity index (χ1) is 12.7. The molecule has 1 aromatic carbocycles. The maximum Gasteiger partial charge on any atom is 0.253 e. The third-order valence-electron chi connectivity index (χ3n) is 3.19. The van der Waals surface area contributed by atoms with Crippen LogP contribution in [-0.4, -0.2) is 54.2 Å². The molecule has 0 radical (unpaired) electrons. The summed E-state index contributed by atoms with van der Waals surface area (Å²) in [7, 11) is 0. The van der Waals surface area contributed by atoms with Crippen molar-refractivity contribution in [2.45, 2.75) is 6.92 Å². The molecular formula is C16H18I3N3O5. The second-order valence-corrected chi connectivity index (χ2v) is 8.50. The van der Waals surface area contributed by atoms with Gasteiger partial charge in [0.1, 0.15) is 0 Å². The Kier molecular flexibility index (Phi) is 10.4. The second kappa shape index (κ2) is 11.5. The number of benzene rings is 1. The first-order valence-corrected chi connectivity index (χ1v) is 10.9. The summed E-state index contributed by atoms with van der Waals surface area (Å²) in [4.78, 5) is 37.3. The van der Waals surface area contributed by atoms with E-state index in [1.807, 2.05) is 67.8 Å². The Morgan fingerprint density at radius 1 is 0.889 bits per heavy atom. The minimum Gasteiger partial charge on any atom is -0.395 e. The fraction of sp³-hybridized carbons (Fsp3) is 0.312. The number of halogens is 3. The molecule has 3 amide bonds. The van der Waals surface area contributed by atoms with Gasteiger partial charge in [0, 0.05) is 22.2 Å². The fourth-order valence-electron chi connectivity index (χ4n) is 1.91. The van der Waals surface area contributed by atoms with Gasteiger partial charge in [0.2, 0.25) is 0 Å². The number of carbonyl (C=O) groups is 3. The molecule has 0 fully saturated rings. The molecule has 27 heavy (non-hydrogen) atoms. The number of nitrogens with one attached hydrogen (secondary N) is 3. The Bertz CT molecular complexity index is 736. The van der Waals surface area contributed by atoms with E-state index < -0.39 is 17.7 Å². The molecule has 8 nitrogen and oxygen atoms in total. The van der Waals surface area contributed by atoms with Gasteiger partial charge in [0.15, 0.2) is 0 Å². The predicted molar refractivity (Wildman–Crippen MR) is 127 cm³/mol. The van der Waals surface area contributed by atoms with Crippen molar-refractivity contribution in [2.24, 2.45) is 0 Å². The zero-order valence-corrected chi connectivity index (χ0v) is 20.8. The van der Waals surface area contributed by atoms with Gasteiger partial charge >= 0.3 is 0 Å². The second-order valence-electron chi connectivity index (χ2n) is 5.26. The SMILES string of the molecule is C=C(C)C(=O)Nc1c(I)c(C(=O)NCCO)c(I)c(C(=O)NCCO)c1I. The summed E-state index contributed by atoms with van der Waals surface area (Å²) in [5, 5.41) is 25.7. The Morgan fingerprint density at radius 2 is 1.30 bits per heavy atom. The van der Waals surface area contributed by atoms with E-state index >= 15 is 0 Å². The highest BCUT2D eigenvalue weighted by Gasteiger charge is 2.28. The number of amides is 3. The summed E-state index contributed by atoms with van der Waals surface area (Å²) < 4.78 is 1.33. The van der Waals surface area contributed by atoms with Crippen LogP contribution in [0.4, 0.5) is 5.69 Å². The van der Waals surface area contributed by atoms with Crippen LogP contribution in [0.25, 0.3) is 0 Å². The highest BCUT2D eigenvalue weighted by atomic mass is 127. The lowest BCUT2D eigenvalue weighted by Crippen LogP contribution is -2.32. The Hall–Kier alpha value is -0.520. The van der Waals surface area contributed by atoms with Crippen molar-refractivity contribution in [1.29, 1.82) is 0 Å². The number of anilines is 1. The molecule has 0 atom stereocenters. The average Bonchev–Trinajstić information content (AvgIpc) is 2.61. The van der Waals surface area contributed by atoms with Gasteiger partial charge in [-0.1, -0.05) is 6.58 Å². The number of aliphatic hydroxyl groups is 2. The van der Waals surface area contributed by atoms with E-state index in [0.29, 0.717) is 16.4 Å². The van der Waals surface area contributed by atoms with Crippen LogP contribution in [0.5, 0.6) is 0 Å². The molecule has 5 N–H and O–H groups in total. The molecule has 0 saturated heterocycles. The van der Waals surface area contributed by atoms with Crippen LogP contribution in [0.15, 0.2) is 12.2 Å². The van der Waals surface area contributed by atoms with Crippen molar-refractivity contribution in [3.8, 4) is 0 Å². The van der Waals surface area contributed by atoms with Gasteiger partial charge in [-0.25, -0.2) is 0 Å². The molecule has 0 heterocycles. The van der Waals surface area contributed by atoms with Crippen LogP contribution in [0.3, 0.4) is 0 Å². The normalized spacial score (nSPS) is 10.3. The summed E-state index contributed by atoms with van der Waals surface area (Å²) in [6.45, 7) is 4.78. The van der Waals surface area contributed by atoms with E-state index in [1.54, 1.807) is 6.92 Å². The maximum atomic E-state index is 12.6. The molecule has 0 aliphatic carbocycles. The lowest BCUT2D eigenvalue weighted by Gasteiger charge is -2.19. The van der Waals surface area contributed by atoms with E-state index in [-0.39, 0.29) is 43.0 Å². The van der Waals surface area contributed by atoms with Crippen molar-refractivity contribution < 1.29 is 24.6 Å². The molecule has 0 spiro atoms. The van der Waals surface area contributed by atoms with E-state index in [0.717, 1.165) is 0 Å². The number of carbonyl (C=O) groups excluding carboxylic acids is 3. The van der Waals surface area contributed by atoms with E-state index in [1.165, 1.54) is 0 Å². The number of rotatable bonds is 8. The van der Waals surface area contributed by atoms with Crippen LogP contribution >= 0.6 is 67.8 Å². The van der Waals surface area contributed by atoms with Gasteiger partial charge in [-0.15, -0.1) is 0 Å². The van der Waals surface area contributed by atoms with Gasteiger partial charge < -0.3 is 26.2 Å². The van der Waals surface area contributed by atoms with E-state index in [2.05, 4.69) is 22.5 Å². The largest absolute Gasteiger partial charge is 0.395 e. The lowest BCUT2D eigenvalue weighted by atomic mass is 10.1. The lowest BCUT2D eigenvalue weighted by molar-refractivity contribution is -0.112. The third-order valence-corrected chi connectivity index (χ3v) is 6.43. The summed E-state index contributed by atoms with van der Waals surface area (Å²) in [5.41, 5.74) is 1.04. The van der Waals surface area contributed by atoms with Crippen molar-refractivity contribution in [1.82, 2.24) is 10.6 Å². The summed E-state index contributed by atoms with van der Waals surface area (Å²) >= 11 is 5.77. The van der Waals surface area contributed by atoms with Gasteiger partial charge in [0.05, 0.1) is 37.2 Å². The molecule has 0 aromatic heterocycles. The molecule has 1 aromatic rings. The van der Waals surface area contributed by atoms with Gasteiger partial charge in [-0.2, -0.15) is 0 Å². The molecule has 0 aliphatic rings. The highest BCUT2D eigenvalue weighted by Crippen LogP contribution is 2.36. The first-order valence-electron chi connectivity index (χ1n) is 7.62. The summed E-state index contributed by atoms with van der Waals surface area (Å²) in [6.07, 6.45) is 0. The smallest absolute Gasteiger partial charge is 0.253 e. The molecule has 148 valence electrons. The van der Waals surface area contributed by atoms with Crippen molar-refractivity contribution in [2.75, 3.05) is 31.6 Å². The number of hydrogen-bond acceptors (Lipinski definition) is 5.